The van der Waals surface area contributed by atoms with E-state index >= 15 is 0 Å². The molecular formula is C11H9ClN2O2. The Morgan fingerprint density at radius 3 is 2.81 bits per heavy atom. The molecule has 0 aliphatic rings. The number of methoxy groups -OCH3 is 1. The van der Waals surface area contributed by atoms with Crippen LogP contribution in [0.25, 0.3) is 10.9 Å². The van der Waals surface area contributed by atoms with Crippen LogP contribution in [-0.4, -0.2) is 23.0 Å². The number of carbonyl (C=O) groups is 1. The van der Waals surface area contributed by atoms with E-state index in [9.17, 15) is 4.79 Å². The van der Waals surface area contributed by atoms with Crippen molar-refractivity contribution in [3.63, 3.8) is 0 Å². The molecule has 2 aromatic heterocycles. The minimum absolute atomic E-state index is 0.254. The predicted octanol–water partition coefficient (Wildman–Crippen LogP) is 2.38. The number of pyridine rings is 2. The summed E-state index contributed by atoms with van der Waals surface area (Å²) in [6.07, 6.45) is 4.71. The van der Waals surface area contributed by atoms with E-state index in [1.54, 1.807) is 12.4 Å². The molecule has 2 aromatic rings. The Morgan fingerprint density at radius 2 is 2.12 bits per heavy atom. The van der Waals surface area contributed by atoms with Crippen molar-refractivity contribution in [1.82, 2.24) is 9.97 Å². The van der Waals surface area contributed by atoms with E-state index in [0.717, 1.165) is 11.1 Å². The van der Waals surface area contributed by atoms with E-state index in [2.05, 4.69) is 14.7 Å². The maximum Gasteiger partial charge on any atom is 0.340 e. The molecule has 0 spiro atoms. The molecule has 0 saturated carbocycles. The molecule has 0 amide bonds. The molecule has 0 aromatic carbocycles. The van der Waals surface area contributed by atoms with Crippen LogP contribution in [0, 0.1) is 6.92 Å². The van der Waals surface area contributed by atoms with Crippen molar-refractivity contribution < 1.29 is 9.53 Å². The van der Waals surface area contributed by atoms with Crippen LogP contribution in [0.1, 0.15) is 15.9 Å². The normalized spacial score (nSPS) is 10.4. The van der Waals surface area contributed by atoms with E-state index < -0.39 is 5.97 Å². The van der Waals surface area contributed by atoms with Gasteiger partial charge in [-0.05, 0) is 12.5 Å². The molecule has 82 valence electrons. The highest BCUT2D eigenvalue weighted by Gasteiger charge is 2.15. The van der Waals surface area contributed by atoms with Gasteiger partial charge in [-0.25, -0.2) is 4.79 Å². The number of ether oxygens (including phenoxy) is 1. The maximum atomic E-state index is 11.4. The molecule has 2 heterocycles. The number of nitrogens with zero attached hydrogens (tertiary/aromatic N) is 2. The Bertz CT molecular complexity index is 569. The summed E-state index contributed by atoms with van der Waals surface area (Å²) in [5.74, 6) is -0.499. The fourth-order valence-corrected chi connectivity index (χ4v) is 1.74. The Kier molecular flexibility index (Phi) is 2.75. The fraction of sp³-hybridized carbons (Fsp3) is 0.182. The van der Waals surface area contributed by atoms with Gasteiger partial charge in [-0.1, -0.05) is 11.6 Å². The van der Waals surface area contributed by atoms with Crippen molar-refractivity contribution in [3.05, 3.63) is 34.7 Å². The van der Waals surface area contributed by atoms with Crippen molar-refractivity contribution in [1.29, 1.82) is 0 Å². The Hall–Kier alpha value is -1.68. The number of esters is 1. The highest BCUT2D eigenvalue weighted by molar-refractivity contribution is 6.38. The zero-order chi connectivity index (χ0) is 11.7. The molecule has 0 fully saturated rings. The quantitative estimate of drug-likeness (QED) is 0.714. The minimum atomic E-state index is -0.499. The van der Waals surface area contributed by atoms with Gasteiger partial charge in [-0.2, -0.15) is 0 Å². The molecule has 0 N–H and O–H groups in total. The van der Waals surface area contributed by atoms with Crippen LogP contribution >= 0.6 is 11.6 Å². The zero-order valence-corrected chi connectivity index (χ0v) is 9.58. The predicted molar refractivity (Wildman–Crippen MR) is 60.6 cm³/mol. The summed E-state index contributed by atoms with van der Waals surface area (Å²) in [6, 6.07) is 0. The molecule has 0 saturated heterocycles. The van der Waals surface area contributed by atoms with Gasteiger partial charge in [-0.3, -0.25) is 9.97 Å². The van der Waals surface area contributed by atoms with Crippen LogP contribution in [0.3, 0.4) is 0 Å². The first kappa shape index (κ1) is 10.8. The number of fused-ring (bicyclic) bond motifs is 1. The number of halogens is 1. The van der Waals surface area contributed by atoms with E-state index in [0.29, 0.717) is 10.4 Å². The topological polar surface area (TPSA) is 52.1 Å². The lowest BCUT2D eigenvalue weighted by Gasteiger charge is -2.06. The molecule has 0 aliphatic heterocycles. The number of aryl methyl sites for hydroxylation is 1. The third kappa shape index (κ3) is 1.61. The summed E-state index contributed by atoms with van der Waals surface area (Å²) >= 11 is 6.11. The zero-order valence-electron chi connectivity index (χ0n) is 8.82. The second kappa shape index (κ2) is 4.06. The standard InChI is InChI=1S/C11H9ClN2O2/c1-6-3-13-4-7-9(12)8(11(15)16-2)5-14-10(6)7/h3-5H,1-2H3. The number of rotatable bonds is 1. The average molecular weight is 237 g/mol. The van der Waals surface area contributed by atoms with Gasteiger partial charge in [0, 0.05) is 24.0 Å². The first-order valence-electron chi connectivity index (χ1n) is 4.62. The van der Waals surface area contributed by atoms with Gasteiger partial charge in [0.2, 0.25) is 0 Å². The highest BCUT2D eigenvalue weighted by Crippen LogP contribution is 2.26. The van der Waals surface area contributed by atoms with Gasteiger partial charge in [0.15, 0.2) is 0 Å². The van der Waals surface area contributed by atoms with Crippen LogP contribution < -0.4 is 0 Å². The SMILES string of the molecule is COC(=O)c1cnc2c(C)cncc2c1Cl. The van der Waals surface area contributed by atoms with Crippen LogP contribution in [0.15, 0.2) is 18.6 Å². The molecule has 4 nitrogen and oxygen atoms in total. The van der Waals surface area contributed by atoms with Crippen molar-refractivity contribution in [2.24, 2.45) is 0 Å². The summed E-state index contributed by atoms with van der Waals surface area (Å²) in [6.45, 7) is 1.89. The molecule has 5 heteroatoms. The van der Waals surface area contributed by atoms with Gasteiger partial charge in [0.05, 0.1) is 23.2 Å². The Balaban J connectivity index is 2.75. The molecule has 0 aliphatic carbocycles. The smallest absolute Gasteiger partial charge is 0.340 e. The van der Waals surface area contributed by atoms with E-state index in [-0.39, 0.29) is 5.56 Å². The largest absolute Gasteiger partial charge is 0.465 e. The van der Waals surface area contributed by atoms with Crippen LogP contribution in [0.4, 0.5) is 0 Å². The average Bonchev–Trinajstić information content (AvgIpc) is 2.30. The Labute approximate surface area is 97.2 Å². The van der Waals surface area contributed by atoms with Crippen molar-refractivity contribution in [2.75, 3.05) is 7.11 Å². The third-order valence-electron chi connectivity index (χ3n) is 2.30. The summed E-state index contributed by atoms with van der Waals surface area (Å²) in [7, 11) is 1.30. The lowest BCUT2D eigenvalue weighted by molar-refractivity contribution is 0.0600. The highest BCUT2D eigenvalue weighted by atomic mass is 35.5. The van der Waals surface area contributed by atoms with Gasteiger partial charge in [0.1, 0.15) is 0 Å². The number of carbonyl (C=O) groups excluding carboxylic acids is 1. The minimum Gasteiger partial charge on any atom is -0.465 e. The van der Waals surface area contributed by atoms with Crippen molar-refractivity contribution >= 4 is 28.5 Å². The van der Waals surface area contributed by atoms with Crippen LogP contribution in [-0.2, 0) is 4.74 Å². The lowest BCUT2D eigenvalue weighted by Crippen LogP contribution is -2.03. The Morgan fingerprint density at radius 1 is 1.38 bits per heavy atom. The molecule has 16 heavy (non-hydrogen) atoms. The molecule has 0 radical (unpaired) electrons. The van der Waals surface area contributed by atoms with Gasteiger partial charge < -0.3 is 4.74 Å². The van der Waals surface area contributed by atoms with E-state index in [1.165, 1.54) is 13.3 Å². The summed E-state index contributed by atoms with van der Waals surface area (Å²) in [5, 5.41) is 0.984. The third-order valence-corrected chi connectivity index (χ3v) is 2.71. The van der Waals surface area contributed by atoms with Gasteiger partial charge in [-0.15, -0.1) is 0 Å². The summed E-state index contributed by atoms with van der Waals surface area (Å²) < 4.78 is 4.61. The molecular weight excluding hydrogens is 228 g/mol. The molecule has 0 atom stereocenters. The number of hydrogen-bond acceptors (Lipinski definition) is 4. The first-order valence-corrected chi connectivity index (χ1v) is 5.00. The second-order valence-electron chi connectivity index (χ2n) is 3.33. The summed E-state index contributed by atoms with van der Waals surface area (Å²) in [5.41, 5.74) is 1.91. The maximum absolute atomic E-state index is 11.4. The van der Waals surface area contributed by atoms with Crippen LogP contribution in [0.2, 0.25) is 5.02 Å². The molecule has 0 bridgehead atoms. The summed E-state index contributed by atoms with van der Waals surface area (Å²) in [4.78, 5) is 19.6. The molecule has 0 unspecified atom stereocenters. The van der Waals surface area contributed by atoms with E-state index in [1.807, 2.05) is 6.92 Å². The van der Waals surface area contributed by atoms with Crippen molar-refractivity contribution in [3.8, 4) is 0 Å². The van der Waals surface area contributed by atoms with Gasteiger partial charge in [0.25, 0.3) is 0 Å². The molecule has 2 rings (SSSR count). The monoisotopic (exact) mass is 236 g/mol. The number of aromatic nitrogens is 2. The fourth-order valence-electron chi connectivity index (χ4n) is 1.47. The van der Waals surface area contributed by atoms with Crippen LogP contribution in [0.5, 0.6) is 0 Å². The van der Waals surface area contributed by atoms with Crippen molar-refractivity contribution in [2.45, 2.75) is 6.92 Å². The van der Waals surface area contributed by atoms with Gasteiger partial charge >= 0.3 is 5.97 Å². The first-order chi connectivity index (χ1) is 7.65. The number of hydrogen-bond donors (Lipinski definition) is 0. The lowest BCUT2D eigenvalue weighted by atomic mass is 10.1. The van der Waals surface area contributed by atoms with E-state index in [4.69, 9.17) is 11.6 Å². The second-order valence-corrected chi connectivity index (χ2v) is 3.71.